The Labute approximate surface area is 147 Å². The third-order valence-corrected chi connectivity index (χ3v) is 6.09. The Balaban J connectivity index is 1.73. The van der Waals surface area contributed by atoms with Crippen LogP contribution in [0.15, 0.2) is 42.5 Å². The van der Waals surface area contributed by atoms with E-state index >= 15 is 0 Å². The Morgan fingerprint density at radius 2 is 1.88 bits per heavy atom. The molecule has 134 valence electrons. The van der Waals surface area contributed by atoms with E-state index in [0.29, 0.717) is 12.2 Å². The number of fused-ring (bicyclic) bond motifs is 1. The first-order chi connectivity index (χ1) is 11.9. The van der Waals surface area contributed by atoms with Crippen molar-refractivity contribution < 1.29 is 17.9 Å². The molecule has 6 nitrogen and oxygen atoms in total. The topological polar surface area (TPSA) is 66.9 Å². The van der Waals surface area contributed by atoms with E-state index in [1.807, 2.05) is 42.5 Å². The predicted molar refractivity (Wildman–Crippen MR) is 97.0 cm³/mol. The highest BCUT2D eigenvalue weighted by molar-refractivity contribution is 7.91. The minimum atomic E-state index is -3.06. The molecule has 1 heterocycles. The fourth-order valence-electron chi connectivity index (χ4n) is 3.25. The Kier molecular flexibility index (Phi) is 4.96. The van der Waals surface area contributed by atoms with Crippen LogP contribution in [0.1, 0.15) is 6.42 Å². The van der Waals surface area contributed by atoms with Gasteiger partial charge in [0.2, 0.25) is 0 Å². The number of carbonyl (C=O) groups is 1. The van der Waals surface area contributed by atoms with E-state index in [1.165, 1.54) is 5.01 Å². The maximum Gasteiger partial charge on any atom is 0.275 e. The van der Waals surface area contributed by atoms with Gasteiger partial charge in [0.15, 0.2) is 16.4 Å². The molecule has 0 spiro atoms. The molecule has 0 bridgehead atoms. The molecule has 1 aliphatic heterocycles. The quantitative estimate of drug-likeness (QED) is 0.758. The molecule has 3 rings (SSSR count). The molecule has 0 aliphatic carbocycles. The molecule has 0 saturated carbocycles. The molecule has 0 aromatic heterocycles. The number of ether oxygens (including phenoxy) is 1. The van der Waals surface area contributed by atoms with Crippen LogP contribution in [0.4, 0.5) is 0 Å². The van der Waals surface area contributed by atoms with Crippen molar-refractivity contribution in [2.24, 2.45) is 0 Å². The standard InChI is InChI=1S/C18H22N2O4S/c1-19(2)20(15-10-11-25(22,23)13-15)18(21)12-24-17-9-5-7-14-6-3-4-8-16(14)17/h3-9,15H,10-13H2,1-2H3. The van der Waals surface area contributed by atoms with Crippen molar-refractivity contribution in [2.75, 3.05) is 32.2 Å². The zero-order valence-electron chi connectivity index (χ0n) is 14.4. The molecule has 1 fully saturated rings. The lowest BCUT2D eigenvalue weighted by Gasteiger charge is -2.33. The van der Waals surface area contributed by atoms with Crippen LogP contribution in [0.3, 0.4) is 0 Å². The zero-order chi connectivity index (χ0) is 18.0. The molecule has 7 heteroatoms. The first-order valence-corrected chi connectivity index (χ1v) is 10.00. The van der Waals surface area contributed by atoms with Crippen molar-refractivity contribution in [3.63, 3.8) is 0 Å². The fraction of sp³-hybridized carbons (Fsp3) is 0.389. The molecular weight excluding hydrogens is 340 g/mol. The maximum atomic E-state index is 12.7. The second-order valence-corrected chi connectivity index (χ2v) is 8.64. The number of hydrazine groups is 1. The molecular formula is C18H22N2O4S. The van der Waals surface area contributed by atoms with Crippen LogP contribution >= 0.6 is 0 Å². The minimum Gasteiger partial charge on any atom is -0.483 e. The lowest BCUT2D eigenvalue weighted by Crippen LogP contribution is -2.51. The summed E-state index contributed by atoms with van der Waals surface area (Å²) < 4.78 is 29.2. The van der Waals surface area contributed by atoms with E-state index in [2.05, 4.69) is 0 Å². The van der Waals surface area contributed by atoms with E-state index in [4.69, 9.17) is 4.74 Å². The molecule has 2 aromatic carbocycles. The fourth-order valence-corrected chi connectivity index (χ4v) is 4.94. The van der Waals surface area contributed by atoms with E-state index < -0.39 is 9.84 Å². The van der Waals surface area contributed by atoms with E-state index in [9.17, 15) is 13.2 Å². The van der Waals surface area contributed by atoms with Crippen molar-refractivity contribution in [3.8, 4) is 5.75 Å². The summed E-state index contributed by atoms with van der Waals surface area (Å²) in [6.07, 6.45) is 0.459. The summed E-state index contributed by atoms with van der Waals surface area (Å²) in [7, 11) is 0.409. The first kappa shape index (κ1) is 17.7. The van der Waals surface area contributed by atoms with Gasteiger partial charge in [0, 0.05) is 19.5 Å². The molecule has 1 saturated heterocycles. The van der Waals surface area contributed by atoms with Crippen molar-refractivity contribution in [1.82, 2.24) is 10.0 Å². The number of sulfone groups is 1. The van der Waals surface area contributed by atoms with Gasteiger partial charge in [-0.1, -0.05) is 36.4 Å². The summed E-state index contributed by atoms with van der Waals surface area (Å²) in [5.74, 6) is 0.522. The van der Waals surface area contributed by atoms with Gasteiger partial charge in [-0.2, -0.15) is 0 Å². The molecule has 1 aliphatic rings. The lowest BCUT2D eigenvalue weighted by atomic mass is 10.1. The lowest BCUT2D eigenvalue weighted by molar-refractivity contribution is -0.151. The van der Waals surface area contributed by atoms with Crippen LogP contribution in [-0.2, 0) is 14.6 Å². The van der Waals surface area contributed by atoms with E-state index in [0.717, 1.165) is 10.8 Å². The van der Waals surface area contributed by atoms with E-state index in [1.54, 1.807) is 19.1 Å². The molecule has 1 atom stereocenters. The summed E-state index contributed by atoms with van der Waals surface area (Å²) in [5, 5.41) is 5.12. The average molecular weight is 362 g/mol. The van der Waals surface area contributed by atoms with Crippen molar-refractivity contribution in [3.05, 3.63) is 42.5 Å². The van der Waals surface area contributed by atoms with Crippen LogP contribution in [0.25, 0.3) is 10.8 Å². The Bertz CT molecular complexity index is 874. The Morgan fingerprint density at radius 1 is 1.16 bits per heavy atom. The smallest absolute Gasteiger partial charge is 0.275 e. The van der Waals surface area contributed by atoms with Gasteiger partial charge < -0.3 is 4.74 Å². The molecule has 25 heavy (non-hydrogen) atoms. The van der Waals surface area contributed by atoms with Gasteiger partial charge in [-0.05, 0) is 17.9 Å². The van der Waals surface area contributed by atoms with Crippen LogP contribution in [0, 0.1) is 0 Å². The van der Waals surface area contributed by atoms with Gasteiger partial charge >= 0.3 is 0 Å². The summed E-state index contributed by atoms with van der Waals surface area (Å²) in [6.45, 7) is -0.136. The molecule has 0 N–H and O–H groups in total. The number of amides is 1. The van der Waals surface area contributed by atoms with Crippen molar-refractivity contribution in [1.29, 1.82) is 0 Å². The highest BCUT2D eigenvalue weighted by Crippen LogP contribution is 2.25. The van der Waals surface area contributed by atoms with Crippen LogP contribution in [-0.4, -0.2) is 62.6 Å². The second kappa shape index (κ2) is 7.01. The van der Waals surface area contributed by atoms with Crippen molar-refractivity contribution in [2.45, 2.75) is 12.5 Å². The third kappa shape index (κ3) is 3.93. The largest absolute Gasteiger partial charge is 0.483 e. The number of hydrogen-bond donors (Lipinski definition) is 0. The first-order valence-electron chi connectivity index (χ1n) is 8.18. The normalized spacial score (nSPS) is 19.2. The number of hydrogen-bond acceptors (Lipinski definition) is 5. The van der Waals surface area contributed by atoms with Crippen molar-refractivity contribution >= 4 is 26.5 Å². The maximum absolute atomic E-state index is 12.7. The number of rotatable bonds is 5. The van der Waals surface area contributed by atoms with Crippen LogP contribution in [0.5, 0.6) is 5.75 Å². The minimum absolute atomic E-state index is 0.00515. The summed E-state index contributed by atoms with van der Waals surface area (Å²) >= 11 is 0. The van der Waals surface area contributed by atoms with Gasteiger partial charge in [-0.25, -0.2) is 13.4 Å². The molecule has 0 radical (unpaired) electrons. The third-order valence-electron chi connectivity index (χ3n) is 4.34. The Hall–Kier alpha value is -2.12. The van der Waals surface area contributed by atoms with Crippen LogP contribution in [0.2, 0.25) is 0 Å². The molecule has 1 amide bonds. The number of benzene rings is 2. The Morgan fingerprint density at radius 3 is 2.56 bits per heavy atom. The molecule has 1 unspecified atom stereocenters. The second-order valence-electron chi connectivity index (χ2n) is 6.41. The van der Waals surface area contributed by atoms with Gasteiger partial charge in [0.1, 0.15) is 5.75 Å². The highest BCUT2D eigenvalue weighted by atomic mass is 32.2. The summed E-state index contributed by atoms with van der Waals surface area (Å²) in [5.41, 5.74) is 0. The number of nitrogens with zero attached hydrogens (tertiary/aromatic N) is 2. The SMILES string of the molecule is CN(C)N(C(=O)COc1cccc2ccccc12)C1CCS(=O)(=O)C1. The van der Waals surface area contributed by atoms with Gasteiger partial charge in [0.25, 0.3) is 5.91 Å². The number of carbonyl (C=O) groups excluding carboxylic acids is 1. The monoisotopic (exact) mass is 362 g/mol. The van der Waals surface area contributed by atoms with Crippen LogP contribution < -0.4 is 4.74 Å². The highest BCUT2D eigenvalue weighted by Gasteiger charge is 2.36. The van der Waals surface area contributed by atoms with E-state index in [-0.39, 0.29) is 30.1 Å². The van der Waals surface area contributed by atoms with Gasteiger partial charge in [0.05, 0.1) is 17.5 Å². The summed E-state index contributed by atoms with van der Waals surface area (Å²) in [4.78, 5) is 12.7. The zero-order valence-corrected chi connectivity index (χ0v) is 15.2. The average Bonchev–Trinajstić information content (AvgIpc) is 2.92. The molecule has 2 aromatic rings. The van der Waals surface area contributed by atoms with Gasteiger partial charge in [-0.15, -0.1) is 0 Å². The predicted octanol–water partition coefficient (Wildman–Crippen LogP) is 1.71. The van der Waals surface area contributed by atoms with Gasteiger partial charge in [-0.3, -0.25) is 9.80 Å². The summed E-state index contributed by atoms with van der Waals surface area (Å²) in [6, 6.07) is 13.2.